The lowest BCUT2D eigenvalue weighted by atomic mass is 9.80. The van der Waals surface area contributed by atoms with Crippen LogP contribution in [0, 0.1) is 5.92 Å². The lowest BCUT2D eigenvalue weighted by molar-refractivity contribution is -0.123. The molecule has 43 heavy (non-hydrogen) atoms. The molecule has 3 heterocycles. The molecule has 0 spiro atoms. The molecule has 0 bridgehead atoms. The summed E-state index contributed by atoms with van der Waals surface area (Å²) in [7, 11) is 3.54. The molecule has 10 heteroatoms. The maximum Gasteiger partial charge on any atom is 0.269 e. The van der Waals surface area contributed by atoms with Gasteiger partial charge < -0.3 is 24.7 Å². The summed E-state index contributed by atoms with van der Waals surface area (Å²) in [5, 5.41) is 6.05. The van der Waals surface area contributed by atoms with Gasteiger partial charge in [-0.1, -0.05) is 6.07 Å². The number of fused-ring (bicyclic) bond motifs is 2. The normalized spacial score (nSPS) is 16.9. The second-order valence-corrected chi connectivity index (χ2v) is 11.3. The van der Waals surface area contributed by atoms with Crippen molar-refractivity contribution in [3.63, 3.8) is 0 Å². The SMILES string of the molecule is CNC(=O)c1cc(Oc2ccc3c(c2)nc(Nc2ccc4c(c2)CC(C(=O)CCCN2CCOCC2)CC4)n3C)ccn1. The fourth-order valence-electron chi connectivity index (χ4n) is 5.96. The predicted octanol–water partition coefficient (Wildman–Crippen LogP) is 4.65. The van der Waals surface area contributed by atoms with Gasteiger partial charge >= 0.3 is 0 Å². The number of hydrogen-bond acceptors (Lipinski definition) is 8. The van der Waals surface area contributed by atoms with E-state index in [-0.39, 0.29) is 17.5 Å². The van der Waals surface area contributed by atoms with Gasteiger partial charge in [0.1, 0.15) is 23.0 Å². The maximum atomic E-state index is 13.1. The third-order valence-corrected chi connectivity index (χ3v) is 8.43. The van der Waals surface area contributed by atoms with E-state index in [4.69, 9.17) is 14.5 Å². The zero-order valence-electron chi connectivity index (χ0n) is 24.8. The van der Waals surface area contributed by atoms with Gasteiger partial charge in [-0.3, -0.25) is 19.5 Å². The maximum absolute atomic E-state index is 13.1. The molecule has 1 atom stereocenters. The van der Waals surface area contributed by atoms with Crippen LogP contribution in [0.25, 0.3) is 11.0 Å². The number of hydrogen-bond donors (Lipinski definition) is 2. The van der Waals surface area contributed by atoms with Crippen LogP contribution in [-0.4, -0.2) is 71.0 Å². The van der Waals surface area contributed by atoms with Crippen molar-refractivity contribution >= 4 is 34.4 Å². The number of nitrogens with zero attached hydrogens (tertiary/aromatic N) is 4. The van der Waals surface area contributed by atoms with Gasteiger partial charge in [0.25, 0.3) is 5.91 Å². The van der Waals surface area contributed by atoms with Crippen molar-refractivity contribution < 1.29 is 19.1 Å². The van der Waals surface area contributed by atoms with Crippen molar-refractivity contribution in [3.05, 3.63) is 71.5 Å². The van der Waals surface area contributed by atoms with Crippen LogP contribution in [0.4, 0.5) is 11.6 Å². The molecule has 6 rings (SSSR count). The van der Waals surface area contributed by atoms with Gasteiger partial charge in [0.05, 0.1) is 24.2 Å². The van der Waals surface area contributed by atoms with Gasteiger partial charge in [-0.25, -0.2) is 4.98 Å². The second-order valence-electron chi connectivity index (χ2n) is 11.3. The zero-order chi connectivity index (χ0) is 29.8. The molecule has 1 fully saturated rings. The van der Waals surface area contributed by atoms with Crippen molar-refractivity contribution in [2.24, 2.45) is 13.0 Å². The van der Waals surface area contributed by atoms with E-state index in [1.807, 2.05) is 29.8 Å². The molecule has 2 N–H and O–H groups in total. The minimum absolute atomic E-state index is 0.0921. The molecule has 0 radical (unpaired) electrons. The molecular formula is C33H38N6O4. The summed E-state index contributed by atoms with van der Waals surface area (Å²) in [6, 6.07) is 15.5. The number of anilines is 2. The average molecular weight is 583 g/mol. The van der Waals surface area contributed by atoms with E-state index >= 15 is 0 Å². The highest BCUT2D eigenvalue weighted by molar-refractivity contribution is 5.92. The molecule has 1 unspecified atom stereocenters. The van der Waals surface area contributed by atoms with Crippen molar-refractivity contribution in [1.29, 1.82) is 0 Å². The number of Topliss-reactive ketones (excluding diaryl/α,β-unsaturated/α-hetero) is 1. The number of carbonyl (C=O) groups is 2. The molecule has 2 aromatic carbocycles. The van der Waals surface area contributed by atoms with Gasteiger partial charge in [-0.2, -0.15) is 0 Å². The number of amides is 1. The number of ether oxygens (including phenoxy) is 2. The number of aromatic nitrogens is 3. The predicted molar refractivity (Wildman–Crippen MR) is 165 cm³/mol. The number of morpholine rings is 1. The molecule has 10 nitrogen and oxygen atoms in total. The van der Waals surface area contributed by atoms with E-state index in [1.165, 1.54) is 11.1 Å². The Morgan fingerprint density at radius 2 is 1.88 bits per heavy atom. The van der Waals surface area contributed by atoms with Crippen molar-refractivity contribution in [2.75, 3.05) is 45.2 Å². The molecule has 4 aromatic rings. The van der Waals surface area contributed by atoms with Crippen LogP contribution in [-0.2, 0) is 29.4 Å². The highest BCUT2D eigenvalue weighted by atomic mass is 16.5. The van der Waals surface area contributed by atoms with E-state index in [2.05, 4.69) is 38.7 Å². The lowest BCUT2D eigenvalue weighted by Crippen LogP contribution is -2.37. The first-order valence-electron chi connectivity index (χ1n) is 15.0. The summed E-state index contributed by atoms with van der Waals surface area (Å²) < 4.78 is 13.4. The summed E-state index contributed by atoms with van der Waals surface area (Å²) in [4.78, 5) is 36.3. The minimum atomic E-state index is -0.273. The number of nitrogens with one attached hydrogen (secondary N) is 2. The summed E-state index contributed by atoms with van der Waals surface area (Å²) in [5.74, 6) is 2.05. The monoisotopic (exact) mass is 582 g/mol. The zero-order valence-corrected chi connectivity index (χ0v) is 24.8. The van der Waals surface area contributed by atoms with Gasteiger partial charge in [0, 0.05) is 63.5 Å². The van der Waals surface area contributed by atoms with Crippen LogP contribution < -0.4 is 15.4 Å². The molecular weight excluding hydrogens is 544 g/mol. The van der Waals surface area contributed by atoms with Crippen LogP contribution in [0.5, 0.6) is 11.5 Å². The van der Waals surface area contributed by atoms with Crippen LogP contribution in [0.1, 0.15) is 40.9 Å². The van der Waals surface area contributed by atoms with Crippen LogP contribution >= 0.6 is 0 Å². The standard InChI is InChI=1S/C33H38N6O4/c1-34-32(41)29-21-27(11-12-35-29)43-26-9-10-30-28(20-26)37-33(38(30)2)36-25-8-7-22-5-6-23(18-24(22)19-25)31(40)4-3-13-39-14-16-42-17-15-39/h7-12,19-21,23H,3-6,13-18H2,1-2H3,(H,34,41)(H,36,37). The second kappa shape index (κ2) is 12.9. The Morgan fingerprint density at radius 3 is 2.72 bits per heavy atom. The summed E-state index contributed by atoms with van der Waals surface area (Å²) in [6.45, 7) is 4.49. The first-order chi connectivity index (χ1) is 21.0. The fraction of sp³-hybridized carbons (Fsp3) is 0.394. The quantitative estimate of drug-likeness (QED) is 0.278. The van der Waals surface area contributed by atoms with E-state index in [0.29, 0.717) is 29.7 Å². The van der Waals surface area contributed by atoms with E-state index in [0.717, 1.165) is 75.3 Å². The first-order valence-corrected chi connectivity index (χ1v) is 15.0. The highest BCUT2D eigenvalue weighted by Crippen LogP contribution is 2.32. The van der Waals surface area contributed by atoms with Crippen LogP contribution in [0.3, 0.4) is 0 Å². The number of aryl methyl sites for hydroxylation is 2. The Bertz CT molecular complexity index is 1630. The van der Waals surface area contributed by atoms with Gasteiger partial charge in [0.15, 0.2) is 0 Å². The van der Waals surface area contributed by atoms with Crippen molar-refractivity contribution in [2.45, 2.75) is 32.1 Å². The topological polar surface area (TPSA) is 111 Å². The van der Waals surface area contributed by atoms with E-state index in [1.54, 1.807) is 25.4 Å². The molecule has 2 aliphatic rings. The third-order valence-electron chi connectivity index (χ3n) is 8.43. The summed E-state index contributed by atoms with van der Waals surface area (Å²) >= 11 is 0. The molecule has 1 amide bonds. The first kappa shape index (κ1) is 28.8. The Hall–Kier alpha value is -4.28. The van der Waals surface area contributed by atoms with Crippen molar-refractivity contribution in [1.82, 2.24) is 24.8 Å². The van der Waals surface area contributed by atoms with E-state index in [9.17, 15) is 9.59 Å². The smallest absolute Gasteiger partial charge is 0.269 e. The lowest BCUT2D eigenvalue weighted by Gasteiger charge is -2.27. The molecule has 1 saturated heterocycles. The molecule has 1 aliphatic carbocycles. The van der Waals surface area contributed by atoms with Crippen LogP contribution in [0.2, 0.25) is 0 Å². The van der Waals surface area contributed by atoms with Gasteiger partial charge in [-0.05, 0) is 73.7 Å². The number of pyridine rings is 1. The summed E-state index contributed by atoms with van der Waals surface area (Å²) in [5.41, 5.74) is 5.54. The summed E-state index contributed by atoms with van der Waals surface area (Å²) in [6.07, 6.45) is 5.77. The average Bonchev–Trinajstić information content (AvgIpc) is 3.34. The Balaban J connectivity index is 1.10. The molecule has 224 valence electrons. The minimum Gasteiger partial charge on any atom is -0.457 e. The Kier molecular flexibility index (Phi) is 8.67. The number of imidazole rings is 1. The van der Waals surface area contributed by atoms with Crippen molar-refractivity contribution in [3.8, 4) is 11.5 Å². The highest BCUT2D eigenvalue weighted by Gasteiger charge is 2.25. The van der Waals surface area contributed by atoms with E-state index < -0.39 is 0 Å². The fourth-order valence-corrected chi connectivity index (χ4v) is 5.96. The largest absolute Gasteiger partial charge is 0.457 e. The number of ketones is 1. The number of carbonyl (C=O) groups excluding carboxylic acids is 2. The Morgan fingerprint density at radius 1 is 1.05 bits per heavy atom. The molecule has 1 aliphatic heterocycles. The number of benzene rings is 2. The Labute approximate surface area is 251 Å². The third kappa shape index (κ3) is 6.71. The number of rotatable bonds is 10. The van der Waals surface area contributed by atoms with Gasteiger partial charge in [-0.15, -0.1) is 0 Å². The van der Waals surface area contributed by atoms with Gasteiger partial charge in [0.2, 0.25) is 5.95 Å². The molecule has 2 aromatic heterocycles. The van der Waals surface area contributed by atoms with Crippen LogP contribution in [0.15, 0.2) is 54.7 Å². The molecule has 0 saturated carbocycles.